The Morgan fingerprint density at radius 2 is 1.49 bits per heavy atom. The fraction of sp³-hybridized carbons (Fsp3) is 0.355. The predicted molar refractivity (Wildman–Crippen MR) is 166 cm³/mol. The van der Waals surface area contributed by atoms with Gasteiger partial charge in [0.2, 0.25) is 11.8 Å². The van der Waals surface area contributed by atoms with E-state index < -0.39 is 28.5 Å². The smallest absolute Gasteiger partial charge is 0.264 e. The number of halogens is 2. The molecular weight excluding hydrogens is 581 g/mol. The van der Waals surface area contributed by atoms with E-state index in [1.54, 1.807) is 49.4 Å². The van der Waals surface area contributed by atoms with Gasteiger partial charge in [-0.1, -0.05) is 66.0 Å². The Hall–Kier alpha value is -3.07. The molecule has 41 heavy (non-hydrogen) atoms. The lowest BCUT2D eigenvalue weighted by Gasteiger charge is -2.33. The number of nitrogens with one attached hydrogen (secondary N) is 1. The third kappa shape index (κ3) is 7.61. The number of nitrogens with zero attached hydrogens (tertiary/aromatic N) is 2. The molecule has 0 aliphatic rings. The first-order chi connectivity index (χ1) is 19.3. The van der Waals surface area contributed by atoms with E-state index in [0.29, 0.717) is 27.7 Å². The Bertz CT molecular complexity index is 1490. The zero-order chi connectivity index (χ0) is 30.5. The number of anilines is 1. The van der Waals surface area contributed by atoms with Crippen molar-refractivity contribution in [2.45, 2.75) is 71.5 Å². The van der Waals surface area contributed by atoms with Gasteiger partial charge in [-0.05, 0) is 82.5 Å². The molecule has 3 aromatic carbocycles. The second kappa shape index (κ2) is 13.7. The van der Waals surface area contributed by atoms with E-state index in [4.69, 9.17) is 23.2 Å². The van der Waals surface area contributed by atoms with E-state index in [-0.39, 0.29) is 23.4 Å². The molecule has 0 aliphatic heterocycles. The van der Waals surface area contributed by atoms with Gasteiger partial charge in [0, 0.05) is 28.2 Å². The number of carbonyl (C=O) groups is 2. The number of benzene rings is 3. The maximum Gasteiger partial charge on any atom is 0.264 e. The summed E-state index contributed by atoms with van der Waals surface area (Å²) in [5.41, 5.74) is 3.35. The fourth-order valence-corrected chi connectivity index (χ4v) is 6.25. The molecule has 0 bridgehead atoms. The van der Waals surface area contributed by atoms with Crippen LogP contribution in [0.25, 0.3) is 0 Å². The summed E-state index contributed by atoms with van der Waals surface area (Å²) in [5.74, 6) is -0.945. The van der Waals surface area contributed by atoms with Crippen LogP contribution in [0.15, 0.2) is 65.6 Å². The van der Waals surface area contributed by atoms with Gasteiger partial charge in [-0.25, -0.2) is 8.42 Å². The number of carbonyl (C=O) groups excluding carboxylic acids is 2. The van der Waals surface area contributed by atoms with Gasteiger partial charge in [0.25, 0.3) is 10.0 Å². The SMILES string of the molecule is CC[C@H](C)NC(=O)[C@H](C)N(Cc1c(Cl)cccc1Cl)C(=O)CN(c1cccc(C)c1C)S(=O)(=O)c1ccc(C)cc1. The normalized spacial score (nSPS) is 12.9. The number of sulfonamides is 1. The molecule has 10 heteroatoms. The first-order valence-electron chi connectivity index (χ1n) is 13.5. The van der Waals surface area contributed by atoms with Crippen LogP contribution in [-0.4, -0.2) is 43.8 Å². The number of hydrogen-bond acceptors (Lipinski definition) is 4. The van der Waals surface area contributed by atoms with E-state index in [0.717, 1.165) is 21.0 Å². The maximum absolute atomic E-state index is 14.1. The van der Waals surface area contributed by atoms with Crippen molar-refractivity contribution in [1.82, 2.24) is 10.2 Å². The zero-order valence-electron chi connectivity index (χ0n) is 24.2. The van der Waals surface area contributed by atoms with Gasteiger partial charge in [-0.3, -0.25) is 13.9 Å². The molecule has 0 aromatic heterocycles. The largest absolute Gasteiger partial charge is 0.352 e. The molecule has 3 aromatic rings. The van der Waals surface area contributed by atoms with E-state index in [9.17, 15) is 18.0 Å². The van der Waals surface area contributed by atoms with Crippen molar-refractivity contribution in [3.05, 3.63) is 93.0 Å². The molecular formula is C31H37Cl2N3O4S. The quantitative estimate of drug-likeness (QED) is 0.268. The van der Waals surface area contributed by atoms with Crippen molar-refractivity contribution in [3.63, 3.8) is 0 Å². The van der Waals surface area contributed by atoms with Crippen molar-refractivity contribution in [2.24, 2.45) is 0 Å². The van der Waals surface area contributed by atoms with Crippen molar-refractivity contribution in [2.75, 3.05) is 10.8 Å². The average molecular weight is 619 g/mol. The highest BCUT2D eigenvalue weighted by molar-refractivity contribution is 7.92. The second-order valence-electron chi connectivity index (χ2n) is 10.3. The minimum Gasteiger partial charge on any atom is -0.352 e. The monoisotopic (exact) mass is 617 g/mol. The van der Waals surface area contributed by atoms with Crippen LogP contribution >= 0.6 is 23.2 Å². The maximum atomic E-state index is 14.1. The zero-order valence-corrected chi connectivity index (χ0v) is 26.6. The van der Waals surface area contributed by atoms with Crippen molar-refractivity contribution >= 4 is 50.7 Å². The van der Waals surface area contributed by atoms with Crippen LogP contribution in [0.1, 0.15) is 49.4 Å². The molecule has 7 nitrogen and oxygen atoms in total. The predicted octanol–water partition coefficient (Wildman–Crippen LogP) is 6.45. The van der Waals surface area contributed by atoms with Gasteiger partial charge in [-0.2, -0.15) is 0 Å². The van der Waals surface area contributed by atoms with E-state index in [1.165, 1.54) is 17.0 Å². The Morgan fingerprint density at radius 1 is 0.902 bits per heavy atom. The minimum absolute atomic E-state index is 0.0556. The number of aryl methyl sites for hydroxylation is 2. The summed E-state index contributed by atoms with van der Waals surface area (Å²) in [4.78, 5) is 28.7. The van der Waals surface area contributed by atoms with Crippen LogP contribution < -0.4 is 9.62 Å². The second-order valence-corrected chi connectivity index (χ2v) is 12.9. The van der Waals surface area contributed by atoms with Crippen LogP contribution in [0.5, 0.6) is 0 Å². The number of amides is 2. The molecule has 0 radical (unpaired) electrons. The molecule has 1 N–H and O–H groups in total. The molecule has 2 amide bonds. The minimum atomic E-state index is -4.16. The number of rotatable bonds is 11. The lowest BCUT2D eigenvalue weighted by atomic mass is 10.1. The van der Waals surface area contributed by atoms with Crippen molar-refractivity contribution in [1.29, 1.82) is 0 Å². The molecule has 0 saturated heterocycles. The molecule has 0 spiro atoms. The van der Waals surface area contributed by atoms with Gasteiger partial charge < -0.3 is 10.2 Å². The fourth-order valence-electron chi connectivity index (χ4n) is 4.26. The van der Waals surface area contributed by atoms with Gasteiger partial charge in [0.15, 0.2) is 0 Å². The third-order valence-corrected chi connectivity index (χ3v) is 9.77. The van der Waals surface area contributed by atoms with Crippen molar-refractivity contribution < 1.29 is 18.0 Å². The third-order valence-electron chi connectivity index (χ3n) is 7.29. The molecule has 3 rings (SSSR count). The topological polar surface area (TPSA) is 86.8 Å². The van der Waals surface area contributed by atoms with Crippen LogP contribution in [0, 0.1) is 20.8 Å². The molecule has 0 fully saturated rings. The lowest BCUT2D eigenvalue weighted by Crippen LogP contribution is -2.52. The first-order valence-corrected chi connectivity index (χ1v) is 15.7. The Balaban J connectivity index is 2.11. The standard InChI is InChI=1S/C31H37Cl2N3O4S/c1-7-22(4)34-31(38)24(6)35(18-26-27(32)11-9-12-28(26)33)30(37)19-36(29-13-8-10-21(3)23(29)5)41(39,40)25-16-14-20(2)15-17-25/h8-17,22,24H,7,18-19H2,1-6H3,(H,34,38)/t22-,24-/m0/s1. The van der Waals surface area contributed by atoms with Gasteiger partial charge in [0.05, 0.1) is 10.6 Å². The van der Waals surface area contributed by atoms with Crippen LogP contribution in [0.4, 0.5) is 5.69 Å². The molecule has 0 unspecified atom stereocenters. The summed E-state index contributed by atoms with van der Waals surface area (Å²) in [6.45, 7) is 10.4. The Kier molecular flexibility index (Phi) is 10.9. The highest BCUT2D eigenvalue weighted by atomic mass is 35.5. The van der Waals surface area contributed by atoms with Crippen LogP contribution in [0.2, 0.25) is 10.0 Å². The Morgan fingerprint density at radius 3 is 2.07 bits per heavy atom. The number of hydrogen-bond donors (Lipinski definition) is 1. The van der Waals surface area contributed by atoms with Gasteiger partial charge >= 0.3 is 0 Å². The lowest BCUT2D eigenvalue weighted by molar-refractivity contribution is -0.139. The average Bonchev–Trinajstić information content (AvgIpc) is 2.93. The highest BCUT2D eigenvalue weighted by Crippen LogP contribution is 2.30. The molecule has 0 aliphatic carbocycles. The summed E-state index contributed by atoms with van der Waals surface area (Å²) in [6.07, 6.45) is 0.706. The summed E-state index contributed by atoms with van der Waals surface area (Å²) < 4.78 is 29.2. The van der Waals surface area contributed by atoms with Crippen LogP contribution in [0.3, 0.4) is 0 Å². The Labute approximate surface area is 253 Å². The van der Waals surface area contributed by atoms with Crippen molar-refractivity contribution in [3.8, 4) is 0 Å². The molecule has 2 atom stereocenters. The van der Waals surface area contributed by atoms with Crippen LogP contribution in [-0.2, 0) is 26.2 Å². The summed E-state index contributed by atoms with van der Waals surface area (Å²) in [6, 6.07) is 15.7. The van der Waals surface area contributed by atoms with E-state index >= 15 is 0 Å². The summed E-state index contributed by atoms with van der Waals surface area (Å²) >= 11 is 12.9. The molecule has 220 valence electrons. The van der Waals surface area contributed by atoms with Gasteiger partial charge in [0.1, 0.15) is 12.6 Å². The first kappa shape index (κ1) is 32.4. The molecule has 0 saturated carbocycles. The van der Waals surface area contributed by atoms with E-state index in [2.05, 4.69) is 5.32 Å². The van der Waals surface area contributed by atoms with Gasteiger partial charge in [-0.15, -0.1) is 0 Å². The summed E-state index contributed by atoms with van der Waals surface area (Å²) in [7, 11) is -4.16. The molecule has 0 heterocycles. The summed E-state index contributed by atoms with van der Waals surface area (Å²) in [5, 5.41) is 3.59. The van der Waals surface area contributed by atoms with E-state index in [1.807, 2.05) is 40.7 Å². The highest BCUT2D eigenvalue weighted by Gasteiger charge is 2.34.